The number of anilines is 2. The highest BCUT2D eigenvalue weighted by Gasteiger charge is 2.31. The van der Waals surface area contributed by atoms with Crippen molar-refractivity contribution in [3.63, 3.8) is 0 Å². The number of hydrogen-bond acceptors (Lipinski definition) is 10. The molecule has 1 saturated heterocycles. The van der Waals surface area contributed by atoms with E-state index in [4.69, 9.17) is 5.73 Å². The van der Waals surface area contributed by atoms with Crippen molar-refractivity contribution in [2.24, 2.45) is 35.7 Å². The lowest BCUT2D eigenvalue weighted by Gasteiger charge is -2.24. The van der Waals surface area contributed by atoms with Crippen molar-refractivity contribution in [1.29, 1.82) is 0 Å². The highest BCUT2D eigenvalue weighted by atomic mass is 19.4. The molecule has 2 heterocycles. The molecule has 2 aliphatic heterocycles. The van der Waals surface area contributed by atoms with Gasteiger partial charge in [0.15, 0.2) is 5.84 Å². The number of halogens is 3. The highest BCUT2D eigenvalue weighted by molar-refractivity contribution is 6.45. The highest BCUT2D eigenvalue weighted by Crippen LogP contribution is 2.30. The minimum Gasteiger partial charge on any atom is -0.382 e. The molecule has 0 unspecified atom stereocenters. The zero-order valence-electron chi connectivity index (χ0n) is 25.4. The van der Waals surface area contributed by atoms with E-state index in [1.807, 2.05) is 6.92 Å². The summed E-state index contributed by atoms with van der Waals surface area (Å²) in [5, 5.41) is 5.78. The van der Waals surface area contributed by atoms with Crippen LogP contribution in [0.25, 0.3) is 0 Å². The predicted molar refractivity (Wildman–Crippen MR) is 179 cm³/mol. The first-order chi connectivity index (χ1) is 22.1. The summed E-state index contributed by atoms with van der Waals surface area (Å²) < 4.78 is 39.1. The Morgan fingerprint density at radius 3 is 2.76 bits per heavy atom. The maximum absolute atomic E-state index is 13.0. The molecule has 46 heavy (non-hydrogen) atoms. The number of nitrogens with two attached hydrogens (primary N) is 1. The van der Waals surface area contributed by atoms with Gasteiger partial charge in [-0.05, 0) is 62.0 Å². The Morgan fingerprint density at radius 1 is 1.13 bits per heavy atom. The number of benzene rings is 2. The van der Waals surface area contributed by atoms with Crippen molar-refractivity contribution in [1.82, 2.24) is 9.80 Å². The molecule has 4 N–H and O–H groups in total. The number of nitrogens with one attached hydrogen (secondary N) is 2. The van der Waals surface area contributed by atoms with Gasteiger partial charge in [-0.1, -0.05) is 12.1 Å². The van der Waals surface area contributed by atoms with Gasteiger partial charge in [-0.25, -0.2) is 9.98 Å². The van der Waals surface area contributed by atoms with Gasteiger partial charge in [-0.3, -0.25) is 24.7 Å². The fraction of sp³-hybridized carbons (Fsp3) is 0.323. The molecule has 0 spiro atoms. The van der Waals surface area contributed by atoms with Gasteiger partial charge >= 0.3 is 6.18 Å². The molecule has 1 fully saturated rings. The van der Waals surface area contributed by atoms with E-state index >= 15 is 0 Å². The summed E-state index contributed by atoms with van der Waals surface area (Å²) in [6.45, 7) is 9.61. The van der Waals surface area contributed by atoms with E-state index in [1.54, 1.807) is 36.7 Å². The van der Waals surface area contributed by atoms with Crippen LogP contribution in [-0.4, -0.2) is 98.5 Å². The normalized spacial score (nSPS) is 17.4. The van der Waals surface area contributed by atoms with Gasteiger partial charge < -0.3 is 21.3 Å². The van der Waals surface area contributed by atoms with E-state index in [2.05, 4.69) is 57.1 Å². The lowest BCUT2D eigenvalue weighted by atomic mass is 10.1. The largest absolute Gasteiger partial charge is 0.416 e. The lowest BCUT2D eigenvalue weighted by molar-refractivity contribution is -0.137. The van der Waals surface area contributed by atoms with E-state index in [0.717, 1.165) is 50.3 Å². The number of guanidine groups is 1. The molecule has 2 aromatic carbocycles. The van der Waals surface area contributed by atoms with E-state index < -0.39 is 17.6 Å². The topological polar surface area (TPSA) is 148 Å². The number of nitrogens with zero attached hydrogens (tertiary/aromatic N) is 8. The number of amidine groups is 1. The summed E-state index contributed by atoms with van der Waals surface area (Å²) in [6.07, 6.45) is 2.82. The first-order valence-electron chi connectivity index (χ1n) is 14.5. The number of allylic oxidation sites excluding steroid dienone is 1. The second-order valence-electron chi connectivity index (χ2n) is 10.3. The molecule has 15 heteroatoms. The van der Waals surface area contributed by atoms with Gasteiger partial charge in [0.2, 0.25) is 5.96 Å². The van der Waals surface area contributed by atoms with Crippen LogP contribution in [0.15, 0.2) is 84.7 Å². The molecule has 2 aliphatic rings. The summed E-state index contributed by atoms with van der Waals surface area (Å²) in [4.78, 5) is 42.6. The summed E-state index contributed by atoms with van der Waals surface area (Å²) in [6, 6.07) is 9.39. The molecule has 2 aromatic rings. The van der Waals surface area contributed by atoms with Crippen LogP contribution in [0.5, 0.6) is 0 Å². The Morgan fingerprint density at radius 2 is 1.98 bits per heavy atom. The number of carbonyl (C=O) groups excluding carboxylic acids is 1. The standard InChI is InChI=1S/C31H36F3N11O/c1-22-8-9-25(42-29(46)23-6-3-7-24(16-23)31(32,33)34)17-26(22)40-19-38-20-41-27-18-39-30(43-28(27)35)45-13-5-12-44(14-15-45)21-37-11-4-10-36-2/h3-4,6-11,16-17,20,40H,2,5,12-15,18-19,21H2,1H3,(H,42,46)(H2,35,39,43)/b10-4-,37-11-,38-20-,41-27+. The number of alkyl halides is 3. The fourth-order valence-electron chi connectivity index (χ4n) is 4.56. The van der Waals surface area contributed by atoms with Crippen molar-refractivity contribution in [3.8, 4) is 0 Å². The molecule has 0 aromatic heterocycles. The van der Waals surface area contributed by atoms with E-state index in [9.17, 15) is 18.0 Å². The van der Waals surface area contributed by atoms with Gasteiger partial charge in [0, 0.05) is 55.5 Å². The Kier molecular flexibility index (Phi) is 11.9. The summed E-state index contributed by atoms with van der Waals surface area (Å²) in [5.74, 6) is 0.231. The molecule has 0 aliphatic carbocycles. The molecule has 4 rings (SSSR count). The number of aliphatic imine (C=N–C) groups is 6. The Balaban J connectivity index is 1.26. The molecule has 12 nitrogen and oxygen atoms in total. The van der Waals surface area contributed by atoms with Crippen LogP contribution in [-0.2, 0) is 6.18 Å². The molecular formula is C31H36F3N11O. The van der Waals surface area contributed by atoms with Crippen LogP contribution in [0.4, 0.5) is 24.5 Å². The van der Waals surface area contributed by atoms with E-state index in [0.29, 0.717) is 29.7 Å². The third kappa shape index (κ3) is 9.92. The van der Waals surface area contributed by atoms with Crippen molar-refractivity contribution in [3.05, 3.63) is 71.4 Å². The smallest absolute Gasteiger partial charge is 0.382 e. The first kappa shape index (κ1) is 33.7. The van der Waals surface area contributed by atoms with Crippen LogP contribution < -0.4 is 16.4 Å². The predicted octanol–water partition coefficient (Wildman–Crippen LogP) is 4.08. The van der Waals surface area contributed by atoms with Crippen LogP contribution >= 0.6 is 0 Å². The molecular weight excluding hydrogens is 599 g/mol. The van der Waals surface area contributed by atoms with Gasteiger partial charge in [0.05, 0.1) is 18.8 Å². The Hall–Kier alpha value is -5.18. The van der Waals surface area contributed by atoms with Crippen molar-refractivity contribution in [2.45, 2.75) is 19.5 Å². The zero-order chi connectivity index (χ0) is 32.9. The van der Waals surface area contributed by atoms with Crippen molar-refractivity contribution >= 4 is 54.1 Å². The molecule has 0 atom stereocenters. The fourth-order valence-corrected chi connectivity index (χ4v) is 4.56. The third-order valence-corrected chi connectivity index (χ3v) is 7.03. The Bertz CT molecular complexity index is 1580. The van der Waals surface area contributed by atoms with Crippen LogP contribution in [0, 0.1) is 6.92 Å². The third-order valence-electron chi connectivity index (χ3n) is 7.03. The zero-order valence-corrected chi connectivity index (χ0v) is 25.4. The van der Waals surface area contributed by atoms with Crippen LogP contribution in [0.3, 0.4) is 0 Å². The number of rotatable bonds is 10. The quantitative estimate of drug-likeness (QED) is 0.266. The molecule has 0 saturated carbocycles. The first-order valence-corrected chi connectivity index (χ1v) is 14.5. The number of aryl methyl sites for hydroxylation is 1. The molecule has 0 bridgehead atoms. The number of carbonyl (C=O) groups is 1. The summed E-state index contributed by atoms with van der Waals surface area (Å²) in [7, 11) is 0. The average Bonchev–Trinajstić information content (AvgIpc) is 3.28. The van der Waals surface area contributed by atoms with Crippen molar-refractivity contribution < 1.29 is 18.0 Å². The maximum atomic E-state index is 13.0. The van der Waals surface area contributed by atoms with Gasteiger partial charge in [-0.2, -0.15) is 18.2 Å². The Labute approximate surface area is 265 Å². The minimum absolute atomic E-state index is 0.0961. The summed E-state index contributed by atoms with van der Waals surface area (Å²) >= 11 is 0. The van der Waals surface area contributed by atoms with Gasteiger partial charge in [0.25, 0.3) is 5.91 Å². The minimum atomic E-state index is -4.54. The maximum Gasteiger partial charge on any atom is 0.416 e. The number of amides is 1. The molecule has 242 valence electrons. The second kappa shape index (κ2) is 16.2. The van der Waals surface area contributed by atoms with Crippen LogP contribution in [0.2, 0.25) is 0 Å². The lowest BCUT2D eigenvalue weighted by Crippen LogP contribution is -2.40. The number of hydrogen-bond donors (Lipinski definition) is 3. The van der Waals surface area contributed by atoms with Gasteiger partial charge in [-0.15, -0.1) is 0 Å². The molecule has 1 amide bonds. The van der Waals surface area contributed by atoms with E-state index in [-0.39, 0.29) is 24.6 Å². The van der Waals surface area contributed by atoms with E-state index in [1.165, 1.54) is 18.5 Å². The summed E-state index contributed by atoms with van der Waals surface area (Å²) in [5.41, 5.74) is 7.70. The monoisotopic (exact) mass is 635 g/mol. The average molecular weight is 636 g/mol. The SMILES string of the molecule is C=N/C=C\C=N/CN1CCCN(C2=NC/C(=N\C=N/CNc3cc(NC(=O)c4cccc(C(F)(F)F)c4)ccc3C)C(N)=N2)CC1. The van der Waals surface area contributed by atoms with Crippen molar-refractivity contribution in [2.75, 3.05) is 56.7 Å². The second-order valence-corrected chi connectivity index (χ2v) is 10.3. The van der Waals surface area contributed by atoms with Crippen LogP contribution in [0.1, 0.15) is 27.9 Å². The van der Waals surface area contributed by atoms with Gasteiger partial charge in [0.1, 0.15) is 18.7 Å². The molecule has 0 radical (unpaired) electrons.